The van der Waals surface area contributed by atoms with Gasteiger partial charge in [0.05, 0.1) is 23.9 Å². The summed E-state index contributed by atoms with van der Waals surface area (Å²) in [5.74, 6) is -1.77. The first-order chi connectivity index (χ1) is 8.84. The molecule has 7 heteroatoms. The number of ether oxygens (including phenoxy) is 1. The van der Waals surface area contributed by atoms with Crippen molar-refractivity contribution in [1.82, 2.24) is 4.31 Å². The zero-order valence-corrected chi connectivity index (χ0v) is 12.1. The third-order valence-electron chi connectivity index (χ3n) is 4.03. The van der Waals surface area contributed by atoms with E-state index in [9.17, 15) is 13.2 Å². The second-order valence-electron chi connectivity index (χ2n) is 5.52. The minimum atomic E-state index is -3.57. The summed E-state index contributed by atoms with van der Waals surface area (Å²) in [5.41, 5.74) is 0. The normalized spacial score (nSPS) is 37.4. The smallest absolute Gasteiger partial charge is 0.307 e. The topological polar surface area (TPSA) is 83.9 Å². The van der Waals surface area contributed by atoms with Crippen molar-refractivity contribution in [2.75, 3.05) is 13.2 Å². The molecule has 1 aliphatic carbocycles. The van der Waals surface area contributed by atoms with E-state index in [1.165, 1.54) is 4.31 Å². The molecule has 0 amide bonds. The Hall–Kier alpha value is -0.660. The molecule has 0 bridgehead atoms. The summed E-state index contributed by atoms with van der Waals surface area (Å²) in [7, 11) is -3.57. The van der Waals surface area contributed by atoms with Gasteiger partial charge in [-0.15, -0.1) is 0 Å². The molecule has 2 fully saturated rings. The van der Waals surface area contributed by atoms with Gasteiger partial charge in [-0.05, 0) is 26.7 Å². The molecule has 0 spiro atoms. The minimum Gasteiger partial charge on any atom is -0.481 e. The summed E-state index contributed by atoms with van der Waals surface area (Å²) in [5, 5.41) is 8.38. The molecule has 2 rings (SSSR count). The first-order valence-corrected chi connectivity index (χ1v) is 8.19. The molecule has 1 saturated carbocycles. The summed E-state index contributed by atoms with van der Waals surface area (Å²) in [6.45, 7) is 4.31. The lowest BCUT2D eigenvalue weighted by Gasteiger charge is -2.37. The van der Waals surface area contributed by atoms with Crippen molar-refractivity contribution in [1.29, 1.82) is 0 Å². The molecule has 0 aromatic heterocycles. The number of rotatable bonds is 3. The number of sulfonamides is 1. The van der Waals surface area contributed by atoms with E-state index in [1.54, 1.807) is 6.92 Å². The molecule has 1 saturated heterocycles. The van der Waals surface area contributed by atoms with Crippen LogP contribution in [0.4, 0.5) is 0 Å². The van der Waals surface area contributed by atoms with E-state index in [2.05, 4.69) is 0 Å². The average Bonchev–Trinajstić information content (AvgIpc) is 2.82. The predicted molar refractivity (Wildman–Crippen MR) is 69.3 cm³/mol. The maximum atomic E-state index is 12.7. The van der Waals surface area contributed by atoms with Crippen LogP contribution in [0.15, 0.2) is 0 Å². The Balaban J connectivity index is 2.23. The van der Waals surface area contributed by atoms with Gasteiger partial charge in [-0.25, -0.2) is 8.42 Å². The Morgan fingerprint density at radius 1 is 1.32 bits per heavy atom. The molecule has 1 heterocycles. The predicted octanol–water partition coefficient (Wildman–Crippen LogP) is 0.679. The van der Waals surface area contributed by atoms with Crippen LogP contribution in [0, 0.1) is 5.92 Å². The summed E-state index contributed by atoms with van der Waals surface area (Å²) >= 11 is 0. The lowest BCUT2D eigenvalue weighted by atomic mass is 10.1. The summed E-state index contributed by atoms with van der Waals surface area (Å²) in [4.78, 5) is 11.2. The molecule has 0 aromatic carbocycles. The van der Waals surface area contributed by atoms with Crippen molar-refractivity contribution in [3.63, 3.8) is 0 Å². The number of hydrogen-bond donors (Lipinski definition) is 1. The van der Waals surface area contributed by atoms with Gasteiger partial charge in [0.15, 0.2) is 0 Å². The fourth-order valence-corrected chi connectivity index (χ4v) is 5.43. The van der Waals surface area contributed by atoms with Gasteiger partial charge in [-0.1, -0.05) is 6.42 Å². The van der Waals surface area contributed by atoms with Gasteiger partial charge >= 0.3 is 5.97 Å². The van der Waals surface area contributed by atoms with Crippen molar-refractivity contribution < 1.29 is 23.1 Å². The summed E-state index contributed by atoms with van der Waals surface area (Å²) in [6.07, 6.45) is 1.41. The number of carboxylic acid groups (broad SMARTS) is 1. The SMILES string of the molecule is CC1CN(S(=O)(=O)C2CCCC2C(=O)O)C(C)CO1. The number of morpholine rings is 1. The van der Waals surface area contributed by atoms with Crippen molar-refractivity contribution in [3.8, 4) is 0 Å². The van der Waals surface area contributed by atoms with E-state index in [-0.39, 0.29) is 12.1 Å². The molecule has 2 aliphatic rings. The van der Waals surface area contributed by atoms with Gasteiger partial charge in [0.1, 0.15) is 0 Å². The van der Waals surface area contributed by atoms with Gasteiger partial charge in [0.25, 0.3) is 0 Å². The fourth-order valence-electron chi connectivity index (χ4n) is 2.97. The molecular weight excluding hydrogens is 270 g/mol. The fraction of sp³-hybridized carbons (Fsp3) is 0.917. The van der Waals surface area contributed by atoms with Gasteiger partial charge in [-0.2, -0.15) is 4.31 Å². The largest absolute Gasteiger partial charge is 0.481 e. The molecule has 19 heavy (non-hydrogen) atoms. The highest BCUT2D eigenvalue weighted by atomic mass is 32.2. The van der Waals surface area contributed by atoms with Gasteiger partial charge in [0, 0.05) is 12.6 Å². The van der Waals surface area contributed by atoms with Crippen LogP contribution in [0.5, 0.6) is 0 Å². The van der Waals surface area contributed by atoms with Crippen LogP contribution in [0.2, 0.25) is 0 Å². The molecule has 4 atom stereocenters. The second-order valence-corrected chi connectivity index (χ2v) is 7.63. The first kappa shape index (κ1) is 14.7. The average molecular weight is 291 g/mol. The van der Waals surface area contributed by atoms with Gasteiger partial charge in [-0.3, -0.25) is 4.79 Å². The molecule has 1 aliphatic heterocycles. The van der Waals surface area contributed by atoms with Crippen LogP contribution in [0.3, 0.4) is 0 Å². The summed E-state index contributed by atoms with van der Waals surface area (Å²) in [6, 6.07) is -0.226. The van der Waals surface area contributed by atoms with E-state index in [0.29, 0.717) is 32.4 Å². The number of aliphatic carboxylic acids is 1. The van der Waals surface area contributed by atoms with E-state index >= 15 is 0 Å². The maximum Gasteiger partial charge on any atom is 0.307 e. The number of carboxylic acids is 1. The molecule has 4 unspecified atom stereocenters. The Bertz CT molecular complexity index is 449. The lowest BCUT2D eigenvalue weighted by Crippen LogP contribution is -2.53. The summed E-state index contributed by atoms with van der Waals surface area (Å²) < 4.78 is 32.2. The molecule has 110 valence electrons. The lowest BCUT2D eigenvalue weighted by molar-refractivity contribution is -0.141. The van der Waals surface area contributed by atoms with E-state index in [1.807, 2.05) is 6.92 Å². The third-order valence-corrected chi connectivity index (χ3v) is 6.52. The Morgan fingerprint density at radius 3 is 2.63 bits per heavy atom. The third kappa shape index (κ3) is 2.78. The van der Waals surface area contributed by atoms with Gasteiger partial charge < -0.3 is 9.84 Å². The highest BCUT2D eigenvalue weighted by Crippen LogP contribution is 2.34. The van der Waals surface area contributed by atoms with Crippen LogP contribution in [0.1, 0.15) is 33.1 Å². The molecule has 0 radical (unpaired) electrons. The van der Waals surface area contributed by atoms with Gasteiger partial charge in [0.2, 0.25) is 10.0 Å². The highest BCUT2D eigenvalue weighted by molar-refractivity contribution is 7.89. The van der Waals surface area contributed by atoms with Crippen LogP contribution >= 0.6 is 0 Å². The van der Waals surface area contributed by atoms with Crippen molar-refractivity contribution in [2.24, 2.45) is 5.92 Å². The molecule has 0 aromatic rings. The molecular formula is C12H21NO5S. The van der Waals surface area contributed by atoms with Crippen molar-refractivity contribution in [3.05, 3.63) is 0 Å². The number of nitrogens with zero attached hydrogens (tertiary/aromatic N) is 1. The van der Waals surface area contributed by atoms with Crippen LogP contribution in [0.25, 0.3) is 0 Å². The Kier molecular flexibility index (Phi) is 4.17. The Labute approximate surface area is 113 Å². The van der Waals surface area contributed by atoms with E-state index < -0.39 is 27.2 Å². The standard InChI is InChI=1S/C12H21NO5S/c1-8-7-18-9(2)6-13(8)19(16,17)11-5-3-4-10(11)12(14)15/h8-11H,3-7H2,1-2H3,(H,14,15). The monoisotopic (exact) mass is 291 g/mol. The molecule has 6 nitrogen and oxygen atoms in total. The number of hydrogen-bond acceptors (Lipinski definition) is 4. The first-order valence-electron chi connectivity index (χ1n) is 6.69. The van der Waals surface area contributed by atoms with Crippen LogP contribution in [-0.4, -0.2) is 54.3 Å². The second kappa shape index (κ2) is 5.38. The highest BCUT2D eigenvalue weighted by Gasteiger charge is 2.46. The Morgan fingerprint density at radius 2 is 2.00 bits per heavy atom. The quantitative estimate of drug-likeness (QED) is 0.826. The molecule has 1 N–H and O–H groups in total. The van der Waals surface area contributed by atoms with E-state index in [0.717, 1.165) is 0 Å². The van der Waals surface area contributed by atoms with Crippen molar-refractivity contribution >= 4 is 16.0 Å². The van der Waals surface area contributed by atoms with Crippen LogP contribution in [-0.2, 0) is 19.6 Å². The van der Waals surface area contributed by atoms with E-state index in [4.69, 9.17) is 9.84 Å². The zero-order valence-electron chi connectivity index (χ0n) is 11.3. The zero-order chi connectivity index (χ0) is 14.2. The number of carbonyl (C=O) groups is 1. The van der Waals surface area contributed by atoms with Crippen LogP contribution < -0.4 is 0 Å². The maximum absolute atomic E-state index is 12.7. The van der Waals surface area contributed by atoms with Crippen molar-refractivity contribution in [2.45, 2.75) is 50.5 Å². The minimum absolute atomic E-state index is 0.143.